The Morgan fingerprint density at radius 3 is 1.06 bits per heavy atom. The van der Waals surface area contributed by atoms with E-state index in [1.807, 2.05) is 13.8 Å². The van der Waals surface area contributed by atoms with Gasteiger partial charge in [-0.15, -0.1) is 0 Å². The van der Waals surface area contributed by atoms with Gasteiger partial charge in [0, 0.05) is 34.9 Å². The van der Waals surface area contributed by atoms with Crippen LogP contribution in [0.2, 0.25) is 0 Å². The number of rotatable bonds is 4. The summed E-state index contributed by atoms with van der Waals surface area (Å²) in [5, 5.41) is 15.8. The molecule has 0 fully saturated rings. The van der Waals surface area contributed by atoms with Crippen molar-refractivity contribution < 1.29 is 41.5 Å². The number of carbonyl (C=O) groups is 2. The smallest absolute Gasteiger partial charge is 0.137 e. The van der Waals surface area contributed by atoms with E-state index in [-0.39, 0.29) is 39.7 Å². The molecule has 0 aromatic carbocycles. The van der Waals surface area contributed by atoms with Gasteiger partial charge in [0.2, 0.25) is 0 Å². The third kappa shape index (κ3) is 65.9. The molecule has 0 radical (unpaired) electrons. The third-order valence-corrected chi connectivity index (χ3v) is 0.945. The first kappa shape index (κ1) is 25.0. The Labute approximate surface area is 113 Å². The van der Waals surface area contributed by atoms with Crippen molar-refractivity contribution in [3.05, 3.63) is 0 Å². The van der Waals surface area contributed by atoms with Crippen LogP contribution in [0.3, 0.4) is 0 Å². The summed E-state index contributed by atoms with van der Waals surface area (Å²) in [6.07, 6.45) is 1.83. The first-order valence-electron chi connectivity index (χ1n) is 5.16. The standard InChI is InChI=1S/C5H8O2.2C3H8O.Ti/c1-4(6)3-5(2)7;2*1-2-3-4;/h3H2,1-2H3;2*4H,2-3H2,1H3;. The number of hydrogen-bond donors (Lipinski definition) is 2. The maximum absolute atomic E-state index is 10.0. The summed E-state index contributed by atoms with van der Waals surface area (Å²) in [5.41, 5.74) is 0. The molecule has 0 aliphatic heterocycles. The molecule has 5 heteroatoms. The average Bonchev–Trinajstić information content (AvgIpc) is 2.16. The van der Waals surface area contributed by atoms with Gasteiger partial charge < -0.3 is 10.2 Å². The first-order valence-corrected chi connectivity index (χ1v) is 5.16. The fourth-order valence-corrected chi connectivity index (χ4v) is 0.351. The van der Waals surface area contributed by atoms with Crippen LogP contribution in [0.4, 0.5) is 0 Å². The van der Waals surface area contributed by atoms with Gasteiger partial charge in [0.15, 0.2) is 0 Å². The first-order chi connectivity index (χ1) is 6.95. The summed E-state index contributed by atoms with van der Waals surface area (Å²) < 4.78 is 0. The van der Waals surface area contributed by atoms with E-state index in [0.29, 0.717) is 13.2 Å². The van der Waals surface area contributed by atoms with Gasteiger partial charge >= 0.3 is 0 Å². The van der Waals surface area contributed by atoms with E-state index in [2.05, 4.69) is 0 Å². The largest absolute Gasteiger partial charge is 0.396 e. The van der Waals surface area contributed by atoms with Gasteiger partial charge in [-0.1, -0.05) is 13.8 Å². The SMILES string of the molecule is CC(=O)CC(C)=O.CCCO.CCCO.[Ti]. The molecular weight excluding hydrogens is 244 g/mol. The molecule has 0 bridgehead atoms. The second-order valence-corrected chi connectivity index (χ2v) is 3.03. The zero-order chi connectivity index (χ0) is 12.7. The van der Waals surface area contributed by atoms with Crippen molar-refractivity contribution in [1.29, 1.82) is 0 Å². The minimum absolute atomic E-state index is 0. The molecule has 0 aliphatic carbocycles. The second kappa shape index (κ2) is 24.3. The van der Waals surface area contributed by atoms with Gasteiger partial charge in [-0.05, 0) is 26.7 Å². The van der Waals surface area contributed by atoms with Crippen LogP contribution in [-0.4, -0.2) is 35.0 Å². The Morgan fingerprint density at radius 1 is 0.875 bits per heavy atom. The zero-order valence-corrected chi connectivity index (χ0v) is 12.3. The molecule has 0 spiro atoms. The van der Waals surface area contributed by atoms with Crippen molar-refractivity contribution in [2.24, 2.45) is 0 Å². The van der Waals surface area contributed by atoms with Crippen LogP contribution >= 0.6 is 0 Å². The summed E-state index contributed by atoms with van der Waals surface area (Å²) in [4.78, 5) is 20.1. The molecule has 16 heavy (non-hydrogen) atoms. The van der Waals surface area contributed by atoms with Crippen molar-refractivity contribution in [3.8, 4) is 0 Å². The molecule has 0 unspecified atom stereocenters. The Bertz CT molecular complexity index is 129. The van der Waals surface area contributed by atoms with Crippen LogP contribution in [0.25, 0.3) is 0 Å². The Balaban J connectivity index is -0.0000000700. The van der Waals surface area contributed by atoms with Crippen LogP contribution in [0.1, 0.15) is 47.0 Å². The predicted octanol–water partition coefficient (Wildman–Crippen LogP) is 1.33. The number of carbonyl (C=O) groups excluding carboxylic acids is 2. The molecule has 96 valence electrons. The minimum atomic E-state index is -0.0625. The molecule has 0 saturated carbocycles. The average molecular weight is 268 g/mol. The Kier molecular flexibility index (Phi) is 37.9. The van der Waals surface area contributed by atoms with E-state index in [9.17, 15) is 9.59 Å². The normalized spacial score (nSPS) is 7.38. The maximum Gasteiger partial charge on any atom is 0.137 e. The Morgan fingerprint density at radius 2 is 1.06 bits per heavy atom. The molecule has 0 atom stereocenters. The summed E-state index contributed by atoms with van der Waals surface area (Å²) in [6.45, 7) is 7.31. The fraction of sp³-hybridized carbons (Fsp3) is 0.818. The minimum Gasteiger partial charge on any atom is -0.396 e. The van der Waals surface area contributed by atoms with Crippen molar-refractivity contribution in [2.75, 3.05) is 13.2 Å². The van der Waals surface area contributed by atoms with Crippen LogP contribution < -0.4 is 0 Å². The summed E-state index contributed by atoms with van der Waals surface area (Å²) in [5.74, 6) is -0.125. The summed E-state index contributed by atoms with van der Waals surface area (Å²) >= 11 is 0. The van der Waals surface area contributed by atoms with E-state index in [1.54, 1.807) is 0 Å². The fourth-order valence-electron chi connectivity index (χ4n) is 0.351. The number of Topliss-reactive ketones (excluding diaryl/α,β-unsaturated/α-hetero) is 2. The van der Waals surface area contributed by atoms with Crippen molar-refractivity contribution in [2.45, 2.75) is 47.0 Å². The molecule has 2 N–H and O–H groups in total. The van der Waals surface area contributed by atoms with E-state index in [0.717, 1.165) is 12.8 Å². The number of ketones is 2. The van der Waals surface area contributed by atoms with Gasteiger partial charge in [-0.25, -0.2) is 0 Å². The third-order valence-electron chi connectivity index (χ3n) is 0.945. The van der Waals surface area contributed by atoms with Gasteiger partial charge in [0.05, 0.1) is 6.42 Å². The summed E-state index contributed by atoms with van der Waals surface area (Å²) in [6, 6.07) is 0. The quantitative estimate of drug-likeness (QED) is 0.596. The molecule has 0 saturated heterocycles. The number of aliphatic hydroxyl groups excluding tert-OH is 2. The molecule has 0 aromatic rings. The van der Waals surface area contributed by atoms with E-state index < -0.39 is 0 Å². The van der Waals surface area contributed by atoms with Crippen LogP contribution in [0, 0.1) is 0 Å². The van der Waals surface area contributed by atoms with E-state index >= 15 is 0 Å². The molecule has 0 rings (SSSR count). The van der Waals surface area contributed by atoms with Crippen LogP contribution in [0.15, 0.2) is 0 Å². The van der Waals surface area contributed by atoms with E-state index in [4.69, 9.17) is 10.2 Å². The van der Waals surface area contributed by atoms with Crippen LogP contribution in [0.5, 0.6) is 0 Å². The topological polar surface area (TPSA) is 74.6 Å². The molecule has 0 aliphatic rings. The monoisotopic (exact) mass is 268 g/mol. The Hall–Kier alpha value is -0.0257. The van der Waals surface area contributed by atoms with Crippen molar-refractivity contribution >= 4 is 11.6 Å². The van der Waals surface area contributed by atoms with Crippen molar-refractivity contribution in [3.63, 3.8) is 0 Å². The summed E-state index contributed by atoms with van der Waals surface area (Å²) in [7, 11) is 0. The second-order valence-electron chi connectivity index (χ2n) is 3.03. The molecule has 4 nitrogen and oxygen atoms in total. The molecule has 0 aromatic heterocycles. The number of aliphatic hydroxyl groups is 2. The predicted molar refractivity (Wildman–Crippen MR) is 60.7 cm³/mol. The van der Waals surface area contributed by atoms with Gasteiger partial charge in [-0.2, -0.15) is 0 Å². The molecule has 0 amide bonds. The zero-order valence-electron chi connectivity index (χ0n) is 10.7. The number of hydrogen-bond acceptors (Lipinski definition) is 4. The van der Waals surface area contributed by atoms with Crippen molar-refractivity contribution in [1.82, 2.24) is 0 Å². The van der Waals surface area contributed by atoms with Gasteiger partial charge in [0.25, 0.3) is 0 Å². The molecular formula is C11H24O4Ti. The van der Waals surface area contributed by atoms with Gasteiger partial charge in [-0.3, -0.25) is 9.59 Å². The molecule has 0 heterocycles. The van der Waals surface area contributed by atoms with E-state index in [1.165, 1.54) is 13.8 Å². The van der Waals surface area contributed by atoms with Crippen LogP contribution in [-0.2, 0) is 31.3 Å². The maximum atomic E-state index is 10.0. The van der Waals surface area contributed by atoms with Gasteiger partial charge in [0.1, 0.15) is 11.6 Å².